The number of sulfonamides is 1. The molecule has 1 aliphatic rings. The number of ether oxygens (including phenoxy) is 1. The molecule has 0 radical (unpaired) electrons. The molecule has 202 valence electrons. The molecule has 9 heteroatoms. The summed E-state index contributed by atoms with van der Waals surface area (Å²) in [5.74, 6) is 0.922. The molecule has 0 unspecified atom stereocenters. The van der Waals surface area contributed by atoms with E-state index in [9.17, 15) is 13.2 Å². The Labute approximate surface area is 225 Å². The number of carbonyl (C=O) groups excluding carboxylic acids is 1. The van der Waals surface area contributed by atoms with Gasteiger partial charge in [0.25, 0.3) is 10.0 Å². The fourth-order valence-electron chi connectivity index (χ4n) is 4.54. The van der Waals surface area contributed by atoms with E-state index in [0.717, 1.165) is 40.8 Å². The van der Waals surface area contributed by atoms with Gasteiger partial charge in [-0.15, -0.1) is 0 Å². The number of hydrogen-bond donors (Lipinski definition) is 2. The predicted molar refractivity (Wildman–Crippen MR) is 152 cm³/mol. The van der Waals surface area contributed by atoms with Crippen LogP contribution in [0.1, 0.15) is 60.9 Å². The van der Waals surface area contributed by atoms with E-state index in [-0.39, 0.29) is 11.4 Å². The van der Waals surface area contributed by atoms with Gasteiger partial charge in [-0.25, -0.2) is 8.42 Å². The molecule has 7 nitrogen and oxygen atoms in total. The lowest BCUT2D eigenvalue weighted by molar-refractivity contribution is -0.118. The van der Waals surface area contributed by atoms with Gasteiger partial charge in [-0.2, -0.15) is 0 Å². The maximum atomic E-state index is 13.5. The summed E-state index contributed by atoms with van der Waals surface area (Å²) < 4.78 is 35.9. The Balaban J connectivity index is 1.61. The second kappa shape index (κ2) is 12.5. The lowest BCUT2D eigenvalue weighted by Gasteiger charge is -2.35. The van der Waals surface area contributed by atoms with Crippen LogP contribution in [0, 0.1) is 20.8 Å². The first-order valence-electron chi connectivity index (χ1n) is 12.6. The van der Waals surface area contributed by atoms with Gasteiger partial charge in [0, 0.05) is 19.5 Å². The van der Waals surface area contributed by atoms with E-state index in [1.807, 2.05) is 51.1 Å². The van der Waals surface area contributed by atoms with Crippen LogP contribution in [-0.4, -0.2) is 44.3 Å². The monoisotopic (exact) mass is 545 g/mol. The summed E-state index contributed by atoms with van der Waals surface area (Å²) in [6.07, 6.45) is 4.33. The van der Waals surface area contributed by atoms with Gasteiger partial charge in [0.1, 0.15) is 17.1 Å². The van der Waals surface area contributed by atoms with Crippen LogP contribution in [0.4, 0.5) is 0 Å². The Morgan fingerprint density at radius 3 is 2.49 bits per heavy atom. The molecule has 2 aromatic carbocycles. The van der Waals surface area contributed by atoms with Crippen molar-refractivity contribution in [2.45, 2.75) is 77.3 Å². The van der Waals surface area contributed by atoms with Crippen LogP contribution in [0.3, 0.4) is 0 Å². The van der Waals surface area contributed by atoms with Gasteiger partial charge in [-0.05, 0) is 88.0 Å². The first-order valence-corrected chi connectivity index (χ1v) is 15.3. The number of rotatable bonds is 10. The molecule has 1 aliphatic heterocycles. The van der Waals surface area contributed by atoms with Crippen LogP contribution in [0.2, 0.25) is 0 Å². The van der Waals surface area contributed by atoms with Crippen molar-refractivity contribution in [3.8, 4) is 5.75 Å². The number of aliphatic imine (C=N–C) groups is 1. The third kappa shape index (κ3) is 7.58. The molecule has 0 atom stereocenters. The Morgan fingerprint density at radius 1 is 1.11 bits per heavy atom. The average molecular weight is 546 g/mol. The summed E-state index contributed by atoms with van der Waals surface area (Å²) in [5.41, 5.74) is 4.10. The molecule has 1 heterocycles. The van der Waals surface area contributed by atoms with Gasteiger partial charge in [0.2, 0.25) is 0 Å². The molecule has 0 fully saturated rings. The summed E-state index contributed by atoms with van der Waals surface area (Å²) in [4.78, 5) is 16.9. The average Bonchev–Trinajstić information content (AvgIpc) is 2.84. The van der Waals surface area contributed by atoms with Gasteiger partial charge < -0.3 is 10.1 Å². The number of nitrogens with zero attached hydrogens (tertiary/aromatic N) is 1. The number of nitrogens with one attached hydrogen (secondary N) is 2. The van der Waals surface area contributed by atoms with Crippen molar-refractivity contribution in [3.63, 3.8) is 0 Å². The van der Waals surface area contributed by atoms with Gasteiger partial charge in [0.15, 0.2) is 5.17 Å². The van der Waals surface area contributed by atoms with E-state index >= 15 is 0 Å². The molecule has 3 rings (SSSR count). The maximum absolute atomic E-state index is 13.5. The zero-order chi connectivity index (χ0) is 27.2. The van der Waals surface area contributed by atoms with Crippen LogP contribution >= 0.6 is 11.8 Å². The molecule has 0 amide bonds. The van der Waals surface area contributed by atoms with Crippen LogP contribution in [0.25, 0.3) is 0 Å². The lowest BCUT2D eigenvalue weighted by Crippen LogP contribution is -2.35. The number of benzene rings is 2. The number of fused-ring (bicyclic) bond motifs is 1. The van der Waals surface area contributed by atoms with Gasteiger partial charge in [0.05, 0.1) is 11.4 Å². The van der Waals surface area contributed by atoms with Crippen molar-refractivity contribution < 1.29 is 17.9 Å². The number of ketones is 1. The van der Waals surface area contributed by atoms with Gasteiger partial charge in [-0.3, -0.25) is 14.5 Å². The number of amidine groups is 1. The van der Waals surface area contributed by atoms with Gasteiger partial charge >= 0.3 is 0 Å². The van der Waals surface area contributed by atoms with Crippen molar-refractivity contribution in [1.82, 2.24) is 10.0 Å². The largest absolute Gasteiger partial charge is 0.487 e. The number of hydrogen-bond acceptors (Lipinski definition) is 7. The Bertz CT molecular complexity index is 1260. The third-order valence-electron chi connectivity index (χ3n) is 6.71. The molecular weight excluding hydrogens is 506 g/mol. The smallest absolute Gasteiger partial charge is 0.263 e. The highest BCUT2D eigenvalue weighted by Crippen LogP contribution is 2.42. The van der Waals surface area contributed by atoms with Crippen molar-refractivity contribution in [1.29, 1.82) is 0 Å². The highest BCUT2D eigenvalue weighted by molar-refractivity contribution is 8.14. The van der Waals surface area contributed by atoms with Crippen LogP contribution in [-0.2, 0) is 27.8 Å². The summed E-state index contributed by atoms with van der Waals surface area (Å²) in [5, 5.41) is 3.48. The fraction of sp³-hybridized carbons (Fsp3) is 0.500. The molecule has 37 heavy (non-hydrogen) atoms. The maximum Gasteiger partial charge on any atom is 0.263 e. The Morgan fingerprint density at radius 2 is 1.81 bits per heavy atom. The first-order chi connectivity index (χ1) is 17.4. The van der Waals surface area contributed by atoms with Crippen molar-refractivity contribution in [2.24, 2.45) is 4.99 Å². The molecule has 0 spiro atoms. The summed E-state index contributed by atoms with van der Waals surface area (Å²) >= 11 is 1.24. The molecule has 0 bridgehead atoms. The molecular formula is C28H39N3O4S2. The van der Waals surface area contributed by atoms with E-state index in [0.29, 0.717) is 48.1 Å². The van der Waals surface area contributed by atoms with E-state index < -0.39 is 10.0 Å². The second-order valence-electron chi connectivity index (χ2n) is 10.1. The Hall–Kier alpha value is -2.36. The van der Waals surface area contributed by atoms with Crippen molar-refractivity contribution in [2.75, 3.05) is 19.3 Å². The molecule has 0 saturated heterocycles. The van der Waals surface area contributed by atoms with Crippen LogP contribution in [0.15, 0.2) is 40.2 Å². The standard InChI is InChI=1S/C28H39N3O4S2/c1-19-20(2)26(21(3)24-14-15-28(4,5)35-25(19)24)37(33,34)31-27(36-6)30-16-10-13-23(32)18-29-17-22-11-8-7-9-12-22/h7-9,11-12,29H,10,13-18H2,1-6H3,(H,30,31). The summed E-state index contributed by atoms with van der Waals surface area (Å²) in [7, 11) is -3.84. The molecule has 0 aromatic heterocycles. The zero-order valence-electron chi connectivity index (χ0n) is 22.7. The van der Waals surface area contributed by atoms with E-state index in [1.54, 1.807) is 6.26 Å². The quantitative estimate of drug-likeness (QED) is 0.252. The summed E-state index contributed by atoms with van der Waals surface area (Å²) in [6.45, 7) is 11.0. The molecule has 2 N–H and O–H groups in total. The normalized spacial score (nSPS) is 15.1. The number of carbonyl (C=O) groups is 1. The van der Waals surface area contributed by atoms with Crippen molar-refractivity contribution in [3.05, 3.63) is 58.1 Å². The molecule has 2 aromatic rings. The zero-order valence-corrected chi connectivity index (χ0v) is 24.4. The van der Waals surface area contributed by atoms with E-state index in [2.05, 4.69) is 28.9 Å². The molecule has 0 aliphatic carbocycles. The van der Waals surface area contributed by atoms with Crippen LogP contribution < -0.4 is 14.8 Å². The lowest BCUT2D eigenvalue weighted by atomic mass is 9.88. The fourth-order valence-corrected chi connectivity index (χ4v) is 6.90. The Kier molecular flexibility index (Phi) is 9.83. The minimum atomic E-state index is -3.84. The highest BCUT2D eigenvalue weighted by atomic mass is 32.2. The third-order valence-corrected chi connectivity index (χ3v) is 9.07. The molecule has 0 saturated carbocycles. The predicted octanol–water partition coefficient (Wildman–Crippen LogP) is 4.85. The second-order valence-corrected chi connectivity index (χ2v) is 12.5. The SMILES string of the molecule is CSC(=NCCCC(=O)CNCc1ccccc1)NS(=O)(=O)c1c(C)c(C)c2c(c1C)CCC(C)(C)O2. The summed E-state index contributed by atoms with van der Waals surface area (Å²) in [6, 6.07) is 9.93. The topological polar surface area (TPSA) is 96.9 Å². The minimum absolute atomic E-state index is 0.110. The van der Waals surface area contributed by atoms with E-state index in [1.165, 1.54) is 11.8 Å². The van der Waals surface area contributed by atoms with Gasteiger partial charge in [-0.1, -0.05) is 42.1 Å². The van der Waals surface area contributed by atoms with E-state index in [4.69, 9.17) is 4.74 Å². The van der Waals surface area contributed by atoms with Crippen LogP contribution in [0.5, 0.6) is 5.75 Å². The van der Waals surface area contributed by atoms with Crippen molar-refractivity contribution >= 4 is 32.7 Å². The number of thioether (sulfide) groups is 1. The number of Topliss-reactive ketones (excluding diaryl/α,β-unsaturated/α-hetero) is 1. The minimum Gasteiger partial charge on any atom is -0.487 e. The first kappa shape index (κ1) is 29.2. The highest BCUT2D eigenvalue weighted by Gasteiger charge is 2.33.